The van der Waals surface area contributed by atoms with Crippen LogP contribution in [0.25, 0.3) is 121 Å². The van der Waals surface area contributed by atoms with Gasteiger partial charge >= 0.3 is 0 Å². The number of fused-ring (bicyclic) bond motifs is 11. The Morgan fingerprint density at radius 3 is 0.839 bits per heavy atom. The molecule has 0 fully saturated rings. The predicted molar refractivity (Wildman–Crippen MR) is 242 cm³/mol. The normalized spacial score (nSPS) is 12.5. The van der Waals surface area contributed by atoms with Crippen molar-refractivity contribution in [3.63, 3.8) is 0 Å². The first-order chi connectivity index (χ1) is 27.2. The largest absolute Gasteiger partial charge is 0.0610 e. The van der Waals surface area contributed by atoms with Crippen LogP contribution in [-0.4, -0.2) is 0 Å². The number of rotatable bonds is 2. The van der Waals surface area contributed by atoms with Crippen molar-refractivity contribution in [2.45, 2.75) is 41.5 Å². The summed E-state index contributed by atoms with van der Waals surface area (Å²) < 4.78 is 0. The van der Waals surface area contributed by atoms with Crippen LogP contribution in [-0.2, 0) is 0 Å². The highest BCUT2D eigenvalue weighted by Gasteiger charge is 2.27. The highest BCUT2D eigenvalue weighted by Crippen LogP contribution is 2.54. The molecule has 264 valence electrons. The number of aryl methyl sites for hydroxylation is 6. The molecule has 0 bridgehead atoms. The van der Waals surface area contributed by atoms with E-state index in [2.05, 4.69) is 175 Å². The molecule has 0 atom stereocenters. The third-order valence-electron chi connectivity index (χ3n) is 13.2. The Kier molecular flexibility index (Phi) is 6.28. The molecule has 0 saturated carbocycles. The summed E-state index contributed by atoms with van der Waals surface area (Å²) in [7, 11) is 0. The fourth-order valence-corrected chi connectivity index (χ4v) is 11.2. The van der Waals surface area contributed by atoms with Crippen molar-refractivity contribution >= 4 is 53.9 Å². The lowest BCUT2D eigenvalue weighted by molar-refractivity contribution is 1.32. The Balaban J connectivity index is 1.30. The first-order valence-electron chi connectivity index (χ1n) is 20.0. The van der Waals surface area contributed by atoms with Gasteiger partial charge in [-0.25, -0.2) is 0 Å². The SMILES string of the molecule is Cc1cc(C)c(-c2cc3c4cc5c(cc4c(-c4c(C)cc(C)cc4C)cc3c3cc4c(cc23)-c2cccc3cccc-4c23)-c2cccc3cccc-5c23)c(C)c1. The zero-order chi connectivity index (χ0) is 37.7. The summed E-state index contributed by atoms with van der Waals surface area (Å²) in [5.41, 5.74) is 23.9. The molecule has 2 aliphatic rings. The fourth-order valence-electron chi connectivity index (χ4n) is 11.2. The van der Waals surface area contributed by atoms with Crippen LogP contribution in [0.4, 0.5) is 0 Å². The first-order valence-corrected chi connectivity index (χ1v) is 20.0. The van der Waals surface area contributed by atoms with Crippen LogP contribution in [0.2, 0.25) is 0 Å². The van der Waals surface area contributed by atoms with E-state index < -0.39 is 0 Å². The zero-order valence-corrected chi connectivity index (χ0v) is 32.7. The minimum Gasteiger partial charge on any atom is -0.0610 e. The van der Waals surface area contributed by atoms with Crippen LogP contribution in [0, 0.1) is 41.5 Å². The van der Waals surface area contributed by atoms with E-state index in [-0.39, 0.29) is 0 Å². The van der Waals surface area contributed by atoms with Gasteiger partial charge in [-0.3, -0.25) is 0 Å². The van der Waals surface area contributed by atoms with Gasteiger partial charge in [-0.05, 0) is 221 Å². The molecular weight excluding hydrogens is 673 g/mol. The van der Waals surface area contributed by atoms with Gasteiger partial charge in [0, 0.05) is 0 Å². The third-order valence-corrected chi connectivity index (χ3v) is 13.2. The third kappa shape index (κ3) is 4.14. The molecule has 0 amide bonds. The molecule has 0 heterocycles. The van der Waals surface area contributed by atoms with E-state index in [1.165, 1.54) is 154 Å². The smallest absolute Gasteiger partial charge is 0.00264 e. The molecule has 0 heteroatoms. The summed E-state index contributed by atoms with van der Waals surface area (Å²) in [6.07, 6.45) is 0. The van der Waals surface area contributed by atoms with Crippen molar-refractivity contribution < 1.29 is 0 Å². The van der Waals surface area contributed by atoms with E-state index in [1.54, 1.807) is 0 Å². The Labute approximate surface area is 327 Å². The Hall–Kier alpha value is -6.50. The molecule has 0 aliphatic heterocycles. The van der Waals surface area contributed by atoms with Gasteiger partial charge in [-0.1, -0.05) is 108 Å². The maximum absolute atomic E-state index is 2.55. The molecule has 12 rings (SSSR count). The number of hydrogen-bond acceptors (Lipinski definition) is 0. The molecule has 0 saturated heterocycles. The average Bonchev–Trinajstić information content (AvgIpc) is 3.67. The standard InChI is InChI=1S/C56H40/c1-29-19-31(3)53(32(4)20-29)51-27-47-46-24-42-38-16-8-12-36-14-10-18-40(56(36)38)44(42)26-50(46)52(54-33(5)21-30(2)22-34(54)6)28-48(47)45-23-41-37-15-7-11-35-13-9-17-39(55(35)37)43(41)25-49(45)51/h7-28H,1-6H3. The quantitative estimate of drug-likeness (QED) is 0.157. The van der Waals surface area contributed by atoms with E-state index in [0.29, 0.717) is 0 Å². The highest BCUT2D eigenvalue weighted by atomic mass is 14.3. The molecular formula is C56H40. The second kappa shape index (κ2) is 11.1. The average molecular weight is 713 g/mol. The summed E-state index contributed by atoms with van der Waals surface area (Å²) in [6.45, 7) is 13.6. The fraction of sp³-hybridized carbons (Fsp3) is 0.107. The number of benzene rings is 10. The molecule has 2 aliphatic carbocycles. The molecule has 0 aromatic heterocycles. The second-order valence-electron chi connectivity index (χ2n) is 16.8. The first kappa shape index (κ1) is 31.8. The summed E-state index contributed by atoms with van der Waals surface area (Å²) >= 11 is 0. The van der Waals surface area contributed by atoms with Gasteiger partial charge in [0.05, 0.1) is 0 Å². The summed E-state index contributed by atoms with van der Waals surface area (Å²) in [5.74, 6) is 0. The van der Waals surface area contributed by atoms with Gasteiger partial charge in [-0.15, -0.1) is 0 Å². The lowest BCUT2D eigenvalue weighted by atomic mass is 9.82. The molecule has 0 nitrogen and oxygen atoms in total. The molecule has 10 aromatic rings. The summed E-state index contributed by atoms with van der Waals surface area (Å²) in [4.78, 5) is 0. The van der Waals surface area contributed by atoms with E-state index in [0.717, 1.165) is 0 Å². The van der Waals surface area contributed by atoms with Gasteiger partial charge in [0.1, 0.15) is 0 Å². The van der Waals surface area contributed by atoms with E-state index in [1.807, 2.05) is 0 Å². The Bertz CT molecular complexity index is 3170. The summed E-state index contributed by atoms with van der Waals surface area (Å²) in [6, 6.07) is 51.9. The molecule has 0 N–H and O–H groups in total. The topological polar surface area (TPSA) is 0 Å². The van der Waals surface area contributed by atoms with Crippen LogP contribution in [0.3, 0.4) is 0 Å². The van der Waals surface area contributed by atoms with E-state index >= 15 is 0 Å². The molecule has 0 spiro atoms. The maximum Gasteiger partial charge on any atom is -0.00264 e. The van der Waals surface area contributed by atoms with Crippen molar-refractivity contribution in [1.82, 2.24) is 0 Å². The van der Waals surface area contributed by atoms with Gasteiger partial charge in [0.2, 0.25) is 0 Å². The maximum atomic E-state index is 2.55. The second-order valence-corrected chi connectivity index (χ2v) is 16.8. The Morgan fingerprint density at radius 1 is 0.250 bits per heavy atom. The minimum absolute atomic E-state index is 1.30. The van der Waals surface area contributed by atoms with Gasteiger partial charge in [0.25, 0.3) is 0 Å². The minimum atomic E-state index is 1.30. The zero-order valence-electron chi connectivity index (χ0n) is 32.7. The van der Waals surface area contributed by atoms with Crippen molar-refractivity contribution in [3.05, 3.63) is 167 Å². The van der Waals surface area contributed by atoms with Gasteiger partial charge in [-0.2, -0.15) is 0 Å². The van der Waals surface area contributed by atoms with Crippen molar-refractivity contribution in [2.24, 2.45) is 0 Å². The van der Waals surface area contributed by atoms with E-state index in [4.69, 9.17) is 0 Å². The Morgan fingerprint density at radius 2 is 0.518 bits per heavy atom. The van der Waals surface area contributed by atoms with Crippen LogP contribution >= 0.6 is 0 Å². The van der Waals surface area contributed by atoms with Crippen LogP contribution in [0.5, 0.6) is 0 Å². The van der Waals surface area contributed by atoms with Gasteiger partial charge < -0.3 is 0 Å². The number of hydrogen-bond donors (Lipinski definition) is 0. The van der Waals surface area contributed by atoms with Crippen molar-refractivity contribution in [3.8, 4) is 66.8 Å². The molecule has 0 unspecified atom stereocenters. The van der Waals surface area contributed by atoms with Crippen LogP contribution in [0.15, 0.2) is 133 Å². The summed E-state index contributed by atoms with van der Waals surface area (Å²) in [5, 5.41) is 13.2. The highest BCUT2D eigenvalue weighted by molar-refractivity contribution is 6.29. The lowest BCUT2D eigenvalue weighted by Gasteiger charge is -2.21. The lowest BCUT2D eigenvalue weighted by Crippen LogP contribution is -1.96. The van der Waals surface area contributed by atoms with Crippen molar-refractivity contribution in [2.75, 3.05) is 0 Å². The van der Waals surface area contributed by atoms with Crippen molar-refractivity contribution in [1.29, 1.82) is 0 Å². The molecule has 10 aromatic carbocycles. The van der Waals surface area contributed by atoms with Crippen LogP contribution in [0.1, 0.15) is 33.4 Å². The predicted octanol–water partition coefficient (Wildman–Crippen LogP) is 15.9. The molecule has 0 radical (unpaired) electrons. The monoisotopic (exact) mass is 712 g/mol. The molecule has 56 heavy (non-hydrogen) atoms. The van der Waals surface area contributed by atoms with Gasteiger partial charge in [0.15, 0.2) is 0 Å². The van der Waals surface area contributed by atoms with E-state index in [9.17, 15) is 0 Å². The van der Waals surface area contributed by atoms with Crippen LogP contribution < -0.4 is 0 Å².